The zero-order valence-corrected chi connectivity index (χ0v) is 22.3. The average Bonchev–Trinajstić information content (AvgIpc) is 3.24. The van der Waals surface area contributed by atoms with Crippen molar-refractivity contribution in [1.82, 2.24) is 10.6 Å². The van der Waals surface area contributed by atoms with E-state index in [-0.39, 0.29) is 11.5 Å². The molecule has 0 radical (unpaired) electrons. The van der Waals surface area contributed by atoms with E-state index in [0.717, 1.165) is 42.6 Å². The van der Waals surface area contributed by atoms with Gasteiger partial charge in [-0.1, -0.05) is 31.9 Å². The summed E-state index contributed by atoms with van der Waals surface area (Å²) in [7, 11) is 0. The van der Waals surface area contributed by atoms with Gasteiger partial charge < -0.3 is 15.4 Å². The van der Waals surface area contributed by atoms with Gasteiger partial charge in [0.25, 0.3) is 0 Å². The molecule has 190 valence electrons. The summed E-state index contributed by atoms with van der Waals surface area (Å²) in [5.41, 5.74) is 4.04. The van der Waals surface area contributed by atoms with Crippen LogP contribution in [0.4, 0.5) is 0 Å². The fourth-order valence-corrected chi connectivity index (χ4v) is 10.2. The number of carbonyl (C=O) groups excluding carboxylic acids is 1. The summed E-state index contributed by atoms with van der Waals surface area (Å²) in [4.78, 5) is 11.7. The van der Waals surface area contributed by atoms with Gasteiger partial charge in [0.2, 0.25) is 5.91 Å². The lowest BCUT2D eigenvalue weighted by Gasteiger charge is -2.54. The van der Waals surface area contributed by atoms with Crippen molar-refractivity contribution in [3.63, 3.8) is 0 Å². The normalized spacial score (nSPS) is 52.4. The van der Waals surface area contributed by atoms with Gasteiger partial charge in [-0.15, -0.1) is 0 Å². The number of fused-ring (bicyclic) bond motifs is 6. The van der Waals surface area contributed by atoms with Crippen molar-refractivity contribution in [2.45, 2.75) is 123 Å². The van der Waals surface area contributed by atoms with Crippen molar-refractivity contribution in [3.8, 4) is 0 Å². The topological polar surface area (TPSA) is 50.4 Å². The highest BCUT2D eigenvalue weighted by Gasteiger charge is 2.59. The number of nitrogens with one attached hydrogen (secondary N) is 2. The lowest BCUT2D eigenvalue weighted by atomic mass is 9.52. The first kappa shape index (κ1) is 23.5. The highest BCUT2D eigenvalue weighted by Crippen LogP contribution is 2.65. The van der Waals surface area contributed by atoms with E-state index in [1.54, 1.807) is 12.5 Å². The Labute approximate surface area is 207 Å². The number of carbonyl (C=O) groups is 1. The fraction of sp³-hybridized carbons (Fsp3) is 0.900. The molecule has 2 unspecified atom stereocenters. The Kier molecular flexibility index (Phi) is 5.76. The average molecular weight is 469 g/mol. The Morgan fingerprint density at radius 1 is 1.12 bits per heavy atom. The van der Waals surface area contributed by atoms with Crippen LogP contribution < -0.4 is 10.6 Å². The molecule has 3 saturated carbocycles. The molecule has 0 aromatic rings. The van der Waals surface area contributed by atoms with Gasteiger partial charge in [0, 0.05) is 24.9 Å². The molecule has 6 rings (SSSR count). The van der Waals surface area contributed by atoms with Crippen LogP contribution in [0.5, 0.6) is 0 Å². The number of allylic oxidation sites excluding steroid dienone is 1. The van der Waals surface area contributed by atoms with E-state index in [4.69, 9.17) is 4.74 Å². The monoisotopic (exact) mass is 468 g/mol. The molecule has 2 heterocycles. The van der Waals surface area contributed by atoms with Crippen LogP contribution in [0.25, 0.3) is 0 Å². The minimum absolute atomic E-state index is 0.0564. The molecular formula is C30H48N2O2. The lowest BCUT2D eigenvalue weighted by Crippen LogP contribution is -2.50. The predicted molar refractivity (Wildman–Crippen MR) is 136 cm³/mol. The SMILES string of the molecule is CC(=O)N[C@H]1CC[C@@]2(C)C(CCC3[C@@H]4CC[C@@]5(CC(C)=C4C[C@@H]32)O[C@@H]2C[C@H](C)CN[C@H]2[C@H]5C)C1. The van der Waals surface area contributed by atoms with E-state index < -0.39 is 0 Å². The van der Waals surface area contributed by atoms with Crippen LogP contribution in [0, 0.1) is 40.9 Å². The quantitative estimate of drug-likeness (QED) is 0.491. The van der Waals surface area contributed by atoms with Crippen molar-refractivity contribution in [2.75, 3.05) is 6.54 Å². The largest absolute Gasteiger partial charge is 0.369 e. The van der Waals surface area contributed by atoms with Gasteiger partial charge in [0.15, 0.2) is 0 Å². The van der Waals surface area contributed by atoms with E-state index >= 15 is 0 Å². The molecule has 2 saturated heterocycles. The third-order valence-corrected chi connectivity index (χ3v) is 12.0. The smallest absolute Gasteiger partial charge is 0.217 e. The van der Waals surface area contributed by atoms with Crippen LogP contribution in [0.2, 0.25) is 0 Å². The van der Waals surface area contributed by atoms with E-state index in [9.17, 15) is 4.79 Å². The van der Waals surface area contributed by atoms with Gasteiger partial charge in [0.1, 0.15) is 0 Å². The Morgan fingerprint density at radius 3 is 2.74 bits per heavy atom. The molecule has 6 aliphatic rings. The molecule has 34 heavy (non-hydrogen) atoms. The summed E-state index contributed by atoms with van der Waals surface area (Å²) in [6, 6.07) is 0.952. The number of piperidine rings is 1. The molecule has 4 heteroatoms. The van der Waals surface area contributed by atoms with Gasteiger partial charge in [-0.25, -0.2) is 0 Å². The molecule has 11 atom stereocenters. The third-order valence-electron chi connectivity index (χ3n) is 12.0. The van der Waals surface area contributed by atoms with Crippen LogP contribution in [-0.4, -0.2) is 36.2 Å². The summed E-state index contributed by atoms with van der Waals surface area (Å²) in [5.74, 6) is 4.77. The number of hydrogen-bond donors (Lipinski definition) is 2. The van der Waals surface area contributed by atoms with Crippen molar-refractivity contribution in [3.05, 3.63) is 11.1 Å². The number of amides is 1. The molecule has 1 spiro atoms. The second-order valence-electron chi connectivity index (χ2n) is 13.8. The Morgan fingerprint density at radius 2 is 1.94 bits per heavy atom. The first-order valence-corrected chi connectivity index (χ1v) is 14.6. The van der Waals surface area contributed by atoms with Gasteiger partial charge in [-0.05, 0) is 113 Å². The first-order valence-electron chi connectivity index (χ1n) is 14.6. The molecule has 0 bridgehead atoms. The van der Waals surface area contributed by atoms with Crippen LogP contribution in [-0.2, 0) is 9.53 Å². The lowest BCUT2D eigenvalue weighted by molar-refractivity contribution is -0.121. The van der Waals surface area contributed by atoms with Crippen molar-refractivity contribution in [2.24, 2.45) is 40.9 Å². The predicted octanol–water partition coefficient (Wildman–Crippen LogP) is 5.62. The third kappa shape index (κ3) is 3.56. The summed E-state index contributed by atoms with van der Waals surface area (Å²) in [6.45, 7) is 12.8. The number of hydrogen-bond acceptors (Lipinski definition) is 3. The highest BCUT2D eigenvalue weighted by atomic mass is 16.5. The first-order chi connectivity index (χ1) is 16.2. The molecule has 2 N–H and O–H groups in total. The molecule has 0 aromatic carbocycles. The van der Waals surface area contributed by atoms with Crippen LogP contribution in [0.3, 0.4) is 0 Å². The van der Waals surface area contributed by atoms with Crippen LogP contribution >= 0.6 is 0 Å². The zero-order chi connectivity index (χ0) is 23.8. The van der Waals surface area contributed by atoms with Crippen molar-refractivity contribution in [1.29, 1.82) is 0 Å². The minimum atomic E-state index is 0.0564. The molecule has 0 aromatic heterocycles. The maximum atomic E-state index is 11.7. The molecule has 2 aliphatic heterocycles. The van der Waals surface area contributed by atoms with Crippen molar-refractivity contribution < 1.29 is 9.53 Å². The Bertz CT molecular complexity index is 868. The van der Waals surface area contributed by atoms with E-state index in [1.165, 1.54) is 57.8 Å². The zero-order valence-electron chi connectivity index (χ0n) is 22.3. The number of rotatable bonds is 1. The second kappa shape index (κ2) is 8.33. The maximum Gasteiger partial charge on any atom is 0.217 e. The standard InChI is InChI=1S/C30H48N2O2/c1-17-12-27-28(31-16-17)19(3)30(34-27)11-9-23-24-7-6-21-13-22(32-20(4)33)8-10-29(21,5)26(24)14-25(23)18(2)15-30/h17,19,21-24,26-28,31H,6-16H2,1-5H3,(H,32,33)/t17-,19+,21?,22-,23-,24?,26-,27+,28-,29-,30-/m0/s1. The highest BCUT2D eigenvalue weighted by molar-refractivity contribution is 5.73. The maximum absolute atomic E-state index is 11.7. The Balaban J connectivity index is 1.23. The van der Waals surface area contributed by atoms with Gasteiger partial charge in [-0.3, -0.25) is 4.79 Å². The van der Waals surface area contributed by atoms with Crippen molar-refractivity contribution >= 4 is 5.91 Å². The van der Waals surface area contributed by atoms with E-state index in [0.29, 0.717) is 29.5 Å². The van der Waals surface area contributed by atoms with Gasteiger partial charge in [-0.2, -0.15) is 0 Å². The second-order valence-corrected chi connectivity index (χ2v) is 13.8. The molecule has 4 nitrogen and oxygen atoms in total. The Hall–Kier alpha value is -0.870. The fourth-order valence-electron chi connectivity index (χ4n) is 10.2. The summed E-state index contributed by atoms with van der Waals surface area (Å²) in [5, 5.41) is 7.11. The summed E-state index contributed by atoms with van der Waals surface area (Å²) < 4.78 is 7.05. The molecule has 4 aliphatic carbocycles. The molecule has 1 amide bonds. The minimum Gasteiger partial charge on any atom is -0.369 e. The summed E-state index contributed by atoms with van der Waals surface area (Å²) >= 11 is 0. The summed E-state index contributed by atoms with van der Waals surface area (Å²) in [6.07, 6.45) is 13.1. The van der Waals surface area contributed by atoms with E-state index in [1.807, 2.05) is 5.57 Å². The molecule has 5 fully saturated rings. The van der Waals surface area contributed by atoms with Gasteiger partial charge in [0.05, 0.1) is 11.7 Å². The number of ether oxygens (including phenoxy) is 1. The van der Waals surface area contributed by atoms with Gasteiger partial charge >= 0.3 is 0 Å². The van der Waals surface area contributed by atoms with E-state index in [2.05, 4.69) is 38.3 Å². The molecular weight excluding hydrogens is 420 g/mol. The van der Waals surface area contributed by atoms with Crippen LogP contribution in [0.15, 0.2) is 11.1 Å². The van der Waals surface area contributed by atoms with Crippen LogP contribution in [0.1, 0.15) is 98.8 Å².